The summed E-state index contributed by atoms with van der Waals surface area (Å²) in [5, 5.41) is 2.27. The summed E-state index contributed by atoms with van der Waals surface area (Å²) in [6.07, 6.45) is 0. The van der Waals surface area contributed by atoms with Gasteiger partial charge >= 0.3 is 0 Å². The Kier molecular flexibility index (Phi) is 11.8. The summed E-state index contributed by atoms with van der Waals surface area (Å²) in [6.45, 7) is -0.394. The fraction of sp³-hybridized carbons (Fsp3) is 0.316. The van der Waals surface area contributed by atoms with Crippen LogP contribution in [0.4, 0.5) is 8.78 Å². The third kappa shape index (κ3) is 9.68. The normalized spacial score (nSPS) is 10.7. The molecule has 0 fully saturated rings. The molecular formula is C19H25Cl2F2N3O. The van der Waals surface area contributed by atoms with Crippen LogP contribution in [0.25, 0.3) is 0 Å². The molecule has 0 aliphatic rings. The van der Waals surface area contributed by atoms with E-state index in [1.54, 1.807) is 0 Å². The van der Waals surface area contributed by atoms with E-state index in [4.69, 9.17) is 5.73 Å². The summed E-state index contributed by atoms with van der Waals surface area (Å²) >= 11 is 0. The van der Waals surface area contributed by atoms with Crippen LogP contribution < -0.4 is 11.1 Å². The van der Waals surface area contributed by atoms with Gasteiger partial charge in [-0.15, -0.1) is 24.8 Å². The highest BCUT2D eigenvalue weighted by Gasteiger charge is 2.27. The number of amides is 1. The van der Waals surface area contributed by atoms with Gasteiger partial charge in [-0.3, -0.25) is 9.69 Å². The Morgan fingerprint density at radius 1 is 0.926 bits per heavy atom. The second-order valence-corrected chi connectivity index (χ2v) is 5.95. The first-order valence-corrected chi connectivity index (χ1v) is 8.13. The van der Waals surface area contributed by atoms with Gasteiger partial charge in [0.25, 0.3) is 5.92 Å². The molecule has 0 radical (unpaired) electrons. The molecule has 150 valence electrons. The van der Waals surface area contributed by atoms with Crippen molar-refractivity contribution in [1.29, 1.82) is 0 Å². The molecule has 2 aromatic carbocycles. The number of hydrogen-bond donors (Lipinski definition) is 2. The standard InChI is InChI=1S/C19H23F2N3O.2ClH/c20-19(21,14-22)15-23-18(25)13-24(11-16-7-3-1-4-8-16)12-17-9-5-2-6-10-17;;/h1-10H,11-15,22H2,(H,23,25);2*1H. The lowest BCUT2D eigenvalue weighted by Crippen LogP contribution is -2.44. The summed E-state index contributed by atoms with van der Waals surface area (Å²) in [7, 11) is 0. The predicted molar refractivity (Wildman–Crippen MR) is 109 cm³/mol. The number of hydrogen-bond acceptors (Lipinski definition) is 3. The maximum absolute atomic E-state index is 13.2. The minimum atomic E-state index is -3.08. The Balaban J connectivity index is 0.00000338. The summed E-state index contributed by atoms with van der Waals surface area (Å²) in [5.74, 6) is -3.53. The summed E-state index contributed by atoms with van der Waals surface area (Å²) < 4.78 is 26.4. The van der Waals surface area contributed by atoms with Crippen molar-refractivity contribution in [3.05, 3.63) is 71.8 Å². The molecule has 0 spiro atoms. The highest BCUT2D eigenvalue weighted by molar-refractivity contribution is 5.85. The van der Waals surface area contributed by atoms with E-state index in [0.717, 1.165) is 11.1 Å². The molecule has 0 atom stereocenters. The van der Waals surface area contributed by atoms with Crippen LogP contribution in [-0.4, -0.2) is 36.4 Å². The van der Waals surface area contributed by atoms with Crippen molar-refractivity contribution < 1.29 is 13.6 Å². The minimum Gasteiger partial charge on any atom is -0.349 e. The number of benzene rings is 2. The van der Waals surface area contributed by atoms with E-state index in [0.29, 0.717) is 13.1 Å². The number of halogens is 4. The summed E-state index contributed by atoms with van der Waals surface area (Å²) in [4.78, 5) is 14.0. The van der Waals surface area contributed by atoms with Gasteiger partial charge in [-0.2, -0.15) is 0 Å². The first-order chi connectivity index (χ1) is 12.0. The molecule has 0 unspecified atom stereocenters. The molecular weight excluding hydrogens is 395 g/mol. The fourth-order valence-corrected chi connectivity index (χ4v) is 2.41. The van der Waals surface area contributed by atoms with Gasteiger partial charge in [-0.05, 0) is 11.1 Å². The zero-order valence-electron chi connectivity index (χ0n) is 14.8. The van der Waals surface area contributed by atoms with E-state index < -0.39 is 24.9 Å². The first-order valence-electron chi connectivity index (χ1n) is 8.13. The van der Waals surface area contributed by atoms with Crippen LogP contribution in [0.5, 0.6) is 0 Å². The monoisotopic (exact) mass is 419 g/mol. The van der Waals surface area contributed by atoms with Gasteiger partial charge in [0, 0.05) is 13.1 Å². The van der Waals surface area contributed by atoms with Crippen LogP contribution in [0.15, 0.2) is 60.7 Å². The minimum absolute atomic E-state index is 0. The van der Waals surface area contributed by atoms with Crippen LogP contribution in [0.2, 0.25) is 0 Å². The zero-order chi connectivity index (χ0) is 18.1. The largest absolute Gasteiger partial charge is 0.349 e. The Morgan fingerprint density at radius 2 is 1.37 bits per heavy atom. The third-order valence-corrected chi connectivity index (χ3v) is 3.71. The average Bonchev–Trinajstić information content (AvgIpc) is 2.62. The number of carbonyl (C=O) groups is 1. The van der Waals surface area contributed by atoms with Crippen LogP contribution in [0.3, 0.4) is 0 Å². The van der Waals surface area contributed by atoms with Gasteiger partial charge in [-0.25, -0.2) is 8.78 Å². The molecule has 0 heterocycles. The molecule has 27 heavy (non-hydrogen) atoms. The second-order valence-electron chi connectivity index (χ2n) is 5.95. The van der Waals surface area contributed by atoms with Crippen molar-refractivity contribution in [1.82, 2.24) is 10.2 Å². The number of nitrogens with zero attached hydrogens (tertiary/aromatic N) is 1. The molecule has 2 aromatic rings. The quantitative estimate of drug-likeness (QED) is 0.655. The van der Waals surface area contributed by atoms with Crippen LogP contribution in [-0.2, 0) is 17.9 Å². The Hall–Kier alpha value is -1.73. The molecule has 0 aliphatic heterocycles. The van der Waals surface area contributed by atoms with E-state index >= 15 is 0 Å². The Bertz CT molecular complexity index is 619. The van der Waals surface area contributed by atoms with Crippen molar-refractivity contribution >= 4 is 30.7 Å². The van der Waals surface area contributed by atoms with Gasteiger partial charge in [0.2, 0.25) is 5.91 Å². The SMILES string of the molecule is Cl.Cl.NCC(F)(F)CNC(=O)CN(Cc1ccccc1)Cc1ccccc1. The van der Waals surface area contributed by atoms with Crippen molar-refractivity contribution in [2.24, 2.45) is 5.73 Å². The summed E-state index contributed by atoms with van der Waals surface area (Å²) in [6, 6.07) is 19.4. The molecule has 3 N–H and O–H groups in total. The van der Waals surface area contributed by atoms with Crippen LogP contribution in [0, 0.1) is 0 Å². The molecule has 2 rings (SSSR count). The van der Waals surface area contributed by atoms with Gasteiger partial charge in [0.05, 0.1) is 19.6 Å². The van der Waals surface area contributed by atoms with Crippen molar-refractivity contribution in [3.8, 4) is 0 Å². The summed E-state index contributed by atoms with van der Waals surface area (Å²) in [5.41, 5.74) is 7.09. The molecule has 0 saturated heterocycles. The van der Waals surface area contributed by atoms with Crippen LogP contribution in [0.1, 0.15) is 11.1 Å². The number of nitrogens with two attached hydrogens (primary N) is 1. The molecule has 0 aromatic heterocycles. The van der Waals surface area contributed by atoms with Crippen molar-refractivity contribution in [2.45, 2.75) is 19.0 Å². The Labute approximate surface area is 170 Å². The maximum atomic E-state index is 13.2. The van der Waals surface area contributed by atoms with Crippen LogP contribution >= 0.6 is 24.8 Å². The number of nitrogens with one attached hydrogen (secondary N) is 1. The second kappa shape index (κ2) is 12.6. The maximum Gasteiger partial charge on any atom is 0.277 e. The highest BCUT2D eigenvalue weighted by atomic mass is 35.5. The number of alkyl halides is 2. The lowest BCUT2D eigenvalue weighted by Gasteiger charge is -2.23. The van der Waals surface area contributed by atoms with Gasteiger partial charge in [0.15, 0.2) is 0 Å². The topological polar surface area (TPSA) is 58.4 Å². The van der Waals surface area contributed by atoms with Crippen molar-refractivity contribution in [3.63, 3.8) is 0 Å². The smallest absolute Gasteiger partial charge is 0.277 e. The van der Waals surface area contributed by atoms with E-state index in [-0.39, 0.29) is 31.4 Å². The Morgan fingerprint density at radius 3 is 1.78 bits per heavy atom. The molecule has 4 nitrogen and oxygen atoms in total. The molecule has 0 bridgehead atoms. The third-order valence-electron chi connectivity index (χ3n) is 3.71. The highest BCUT2D eigenvalue weighted by Crippen LogP contribution is 2.11. The zero-order valence-corrected chi connectivity index (χ0v) is 16.4. The lowest BCUT2D eigenvalue weighted by molar-refractivity contribution is -0.124. The molecule has 1 amide bonds. The van der Waals surface area contributed by atoms with Crippen molar-refractivity contribution in [2.75, 3.05) is 19.6 Å². The number of rotatable bonds is 9. The van der Waals surface area contributed by atoms with E-state index in [1.165, 1.54) is 0 Å². The lowest BCUT2D eigenvalue weighted by atomic mass is 10.1. The average molecular weight is 420 g/mol. The predicted octanol–water partition coefficient (Wildman–Crippen LogP) is 3.24. The van der Waals surface area contributed by atoms with E-state index in [2.05, 4.69) is 5.32 Å². The molecule has 0 saturated carbocycles. The molecule has 0 aliphatic carbocycles. The number of carbonyl (C=O) groups excluding carboxylic acids is 1. The molecule has 8 heteroatoms. The van der Waals surface area contributed by atoms with E-state index in [1.807, 2.05) is 65.6 Å². The van der Waals surface area contributed by atoms with Gasteiger partial charge in [-0.1, -0.05) is 60.7 Å². The first kappa shape index (κ1) is 25.3. The van der Waals surface area contributed by atoms with Gasteiger partial charge in [0.1, 0.15) is 0 Å². The fourth-order valence-electron chi connectivity index (χ4n) is 2.41. The van der Waals surface area contributed by atoms with Gasteiger partial charge < -0.3 is 11.1 Å². The van der Waals surface area contributed by atoms with E-state index in [9.17, 15) is 13.6 Å².